The second kappa shape index (κ2) is 25.6. The van der Waals surface area contributed by atoms with E-state index in [4.69, 9.17) is 0 Å². The van der Waals surface area contributed by atoms with Gasteiger partial charge in [0, 0.05) is 21.7 Å². The zero-order chi connectivity index (χ0) is 0. The van der Waals surface area contributed by atoms with E-state index in [1.165, 1.54) is 0 Å². The van der Waals surface area contributed by atoms with Gasteiger partial charge in [0.2, 0.25) is 0 Å². The zero-order valence-corrected chi connectivity index (χ0v) is 5.56. The maximum absolute atomic E-state index is 0. The van der Waals surface area contributed by atoms with Crippen molar-refractivity contribution in [1.82, 2.24) is 0 Å². The van der Waals surface area contributed by atoms with E-state index in [0.717, 1.165) is 0 Å². The molecule has 0 rings (SSSR count). The molecule has 4 heavy (non-hydrogen) atoms. The molecular formula is H8AlOSiTi. The van der Waals surface area contributed by atoms with E-state index in [9.17, 15) is 0 Å². The fourth-order valence-electron chi connectivity index (χ4n) is 0. The van der Waals surface area contributed by atoms with Gasteiger partial charge in [-0.25, -0.2) is 0 Å². The van der Waals surface area contributed by atoms with Crippen LogP contribution < -0.4 is 0 Å². The Morgan fingerprint density at radius 2 is 1.00 bits per heavy atom. The average Bonchev–Trinajstić information content (AvgIpc) is 0. The van der Waals surface area contributed by atoms with Gasteiger partial charge >= 0.3 is 0 Å². The molecule has 1 nitrogen and oxygen atoms in total. The molecule has 0 saturated carbocycles. The molecule has 0 amide bonds. The summed E-state index contributed by atoms with van der Waals surface area (Å²) in [5.74, 6) is 0. The molecule has 25 valence electrons. The molecule has 0 saturated heterocycles. The Labute approximate surface area is 55.5 Å². The first-order valence-electron chi connectivity index (χ1n) is 0. The van der Waals surface area contributed by atoms with Gasteiger partial charge in [0.25, 0.3) is 0 Å². The summed E-state index contributed by atoms with van der Waals surface area (Å²) in [4.78, 5) is 0. The third-order valence-corrected chi connectivity index (χ3v) is 0. The van der Waals surface area contributed by atoms with Gasteiger partial charge < -0.3 is 5.48 Å². The van der Waals surface area contributed by atoms with Crippen LogP contribution in [0.25, 0.3) is 0 Å². The van der Waals surface area contributed by atoms with Gasteiger partial charge in [0.1, 0.15) is 0 Å². The van der Waals surface area contributed by atoms with Crippen molar-refractivity contribution in [3.05, 3.63) is 0 Å². The summed E-state index contributed by atoms with van der Waals surface area (Å²) in [6, 6.07) is 0. The van der Waals surface area contributed by atoms with Crippen molar-refractivity contribution >= 4 is 28.3 Å². The Morgan fingerprint density at radius 1 is 1.00 bits per heavy atom. The molecule has 0 atom stereocenters. The van der Waals surface area contributed by atoms with Crippen LogP contribution in [0, 0.1) is 0 Å². The summed E-state index contributed by atoms with van der Waals surface area (Å²) in [5.41, 5.74) is 0. The topological polar surface area (TPSA) is 31.5 Å². The van der Waals surface area contributed by atoms with E-state index < -0.39 is 0 Å². The van der Waals surface area contributed by atoms with Crippen LogP contribution in [0.2, 0.25) is 0 Å². The minimum absolute atomic E-state index is 0. The molecular weight excluding hydrogens is 119 g/mol. The van der Waals surface area contributed by atoms with Gasteiger partial charge in [-0.1, -0.05) is 0 Å². The maximum Gasteiger partial charge on any atom is 0.187 e. The maximum atomic E-state index is 0. The number of hydrogen-bond donors (Lipinski definition) is 0. The largest absolute Gasteiger partial charge is 0.412 e. The third-order valence-electron chi connectivity index (χ3n) is 0. The SMILES string of the molecule is O.[AlH3].[SiH3].[Ti]. The summed E-state index contributed by atoms with van der Waals surface area (Å²) >= 11 is 0. The molecule has 0 fully saturated rings. The molecule has 0 spiro atoms. The number of hydrogen-bond acceptors (Lipinski definition) is 0. The Bertz CT molecular complexity index is 8.00. The van der Waals surface area contributed by atoms with E-state index in [-0.39, 0.29) is 55.5 Å². The number of rotatable bonds is 0. The summed E-state index contributed by atoms with van der Waals surface area (Å²) in [5, 5.41) is 0. The van der Waals surface area contributed by atoms with Crippen LogP contribution in [0.15, 0.2) is 0 Å². The Kier molecular flexibility index (Phi) is 335. The molecule has 0 aromatic carbocycles. The first kappa shape index (κ1) is 52.4. The van der Waals surface area contributed by atoms with Crippen LogP contribution in [-0.2, 0) is 21.7 Å². The molecule has 0 bridgehead atoms. The van der Waals surface area contributed by atoms with Crippen LogP contribution in [0.3, 0.4) is 0 Å². The molecule has 0 aliphatic heterocycles. The predicted molar refractivity (Wildman–Crippen MR) is 23.5 cm³/mol. The van der Waals surface area contributed by atoms with E-state index in [2.05, 4.69) is 0 Å². The quantitative estimate of drug-likeness (QED) is 0.307. The standard InChI is InChI=1S/Al.H2O.H3Si.Ti.3H/h;1H2;1H3;;;;. The molecule has 0 aliphatic carbocycles. The second-order valence-electron chi connectivity index (χ2n) is 0. The molecule has 0 aromatic rings. The summed E-state index contributed by atoms with van der Waals surface area (Å²) < 4.78 is 0. The fraction of sp³-hybridized carbons (Fsp3) is 0. The van der Waals surface area contributed by atoms with Crippen molar-refractivity contribution in [2.75, 3.05) is 0 Å². The molecule has 0 aliphatic rings. The van der Waals surface area contributed by atoms with Crippen LogP contribution in [0.5, 0.6) is 0 Å². The third kappa shape index (κ3) is 9.92. The molecule has 4 heteroatoms. The van der Waals surface area contributed by atoms with E-state index >= 15 is 0 Å². The Morgan fingerprint density at radius 3 is 1.00 bits per heavy atom. The van der Waals surface area contributed by atoms with Crippen molar-refractivity contribution in [2.24, 2.45) is 0 Å². The first-order valence-corrected chi connectivity index (χ1v) is 0. The monoisotopic (exact) mass is 127 g/mol. The van der Waals surface area contributed by atoms with Crippen LogP contribution in [-0.4, -0.2) is 33.8 Å². The van der Waals surface area contributed by atoms with E-state index in [0.29, 0.717) is 0 Å². The zero-order valence-electron chi connectivity index (χ0n) is 2.00. The second-order valence-corrected chi connectivity index (χ2v) is 0. The van der Waals surface area contributed by atoms with Gasteiger partial charge in [-0.05, 0) is 11.0 Å². The fourth-order valence-corrected chi connectivity index (χ4v) is 0. The molecule has 0 unspecified atom stereocenters. The summed E-state index contributed by atoms with van der Waals surface area (Å²) in [7, 11) is 0. The molecule has 1 radical (unpaired) electrons. The Hall–Kier alpha value is 1.42. The van der Waals surface area contributed by atoms with Crippen molar-refractivity contribution in [3.63, 3.8) is 0 Å². The van der Waals surface area contributed by atoms with Gasteiger partial charge in [-0.15, -0.1) is 0 Å². The molecule has 0 heterocycles. The van der Waals surface area contributed by atoms with Gasteiger partial charge in [-0.3, -0.25) is 0 Å². The summed E-state index contributed by atoms with van der Waals surface area (Å²) in [6.07, 6.45) is 0. The average molecular weight is 127 g/mol. The van der Waals surface area contributed by atoms with Crippen molar-refractivity contribution in [1.29, 1.82) is 0 Å². The molecule has 0 aromatic heterocycles. The van der Waals surface area contributed by atoms with E-state index in [1.54, 1.807) is 0 Å². The van der Waals surface area contributed by atoms with Crippen molar-refractivity contribution in [2.45, 2.75) is 0 Å². The van der Waals surface area contributed by atoms with Crippen LogP contribution in [0.1, 0.15) is 0 Å². The first-order chi connectivity index (χ1) is 0. The molecule has 2 N–H and O–H groups in total. The minimum Gasteiger partial charge on any atom is -0.412 e. The van der Waals surface area contributed by atoms with Gasteiger partial charge in [0.15, 0.2) is 17.4 Å². The smallest absolute Gasteiger partial charge is 0.187 e. The van der Waals surface area contributed by atoms with Crippen LogP contribution >= 0.6 is 0 Å². The Balaban J connectivity index is 0. The van der Waals surface area contributed by atoms with Crippen molar-refractivity contribution < 1.29 is 27.2 Å². The van der Waals surface area contributed by atoms with Crippen molar-refractivity contribution in [3.8, 4) is 0 Å². The normalized spacial score (nSPS) is 0. The predicted octanol–water partition coefficient (Wildman–Crippen LogP) is -3.20. The van der Waals surface area contributed by atoms with Crippen LogP contribution in [0.4, 0.5) is 0 Å². The van der Waals surface area contributed by atoms with E-state index in [1.807, 2.05) is 0 Å². The summed E-state index contributed by atoms with van der Waals surface area (Å²) in [6.45, 7) is 0. The van der Waals surface area contributed by atoms with Gasteiger partial charge in [0.05, 0.1) is 0 Å². The minimum atomic E-state index is 0. The van der Waals surface area contributed by atoms with Gasteiger partial charge in [-0.2, -0.15) is 0 Å².